The van der Waals surface area contributed by atoms with Gasteiger partial charge in [0, 0.05) is 49.1 Å². The number of hydrogen-bond acceptors (Lipinski definition) is 8. The quantitative estimate of drug-likeness (QED) is 0.373. The van der Waals surface area contributed by atoms with E-state index < -0.39 is 41.5 Å². The number of nitrogens with one attached hydrogen (secondary N) is 1. The highest BCUT2D eigenvalue weighted by Gasteiger charge is 2.47. The van der Waals surface area contributed by atoms with Crippen LogP contribution in [0, 0.1) is 0 Å². The highest BCUT2D eigenvalue weighted by Crippen LogP contribution is 2.39. The van der Waals surface area contributed by atoms with E-state index in [0.29, 0.717) is 29.7 Å². The van der Waals surface area contributed by atoms with Gasteiger partial charge in [0.15, 0.2) is 0 Å². The summed E-state index contributed by atoms with van der Waals surface area (Å²) in [6.07, 6.45) is 0.240. The molecule has 220 valence electrons. The highest BCUT2D eigenvalue weighted by atomic mass is 35.5. The van der Waals surface area contributed by atoms with E-state index in [-0.39, 0.29) is 62.6 Å². The lowest BCUT2D eigenvalue weighted by molar-refractivity contribution is -0.163. The number of piperazine rings is 1. The average molecular weight is 591 g/mol. The van der Waals surface area contributed by atoms with E-state index >= 15 is 0 Å². The number of carbonyl (C=O) groups is 5. The van der Waals surface area contributed by atoms with Gasteiger partial charge in [0.2, 0.25) is 11.5 Å². The predicted octanol–water partition coefficient (Wildman–Crippen LogP) is 2.54. The van der Waals surface area contributed by atoms with Crippen molar-refractivity contribution in [3.05, 3.63) is 35.0 Å². The molecule has 41 heavy (non-hydrogen) atoms. The fourth-order valence-electron chi connectivity index (χ4n) is 4.74. The molecule has 2 heterocycles. The van der Waals surface area contributed by atoms with Crippen LogP contribution in [-0.2, 0) is 19.1 Å². The molecule has 1 aromatic carbocycles. The van der Waals surface area contributed by atoms with E-state index in [1.54, 1.807) is 19.1 Å². The van der Waals surface area contributed by atoms with Crippen molar-refractivity contribution in [2.45, 2.75) is 50.7 Å². The summed E-state index contributed by atoms with van der Waals surface area (Å²) in [4.78, 5) is 69.3. The van der Waals surface area contributed by atoms with Crippen LogP contribution in [0.15, 0.2) is 24.3 Å². The number of carboxylic acid groups (broad SMARTS) is 2. The Hall–Kier alpha value is -4.13. The number of aliphatic carboxylic acids is 2. The maximum atomic E-state index is 13.4. The zero-order valence-electron chi connectivity index (χ0n) is 22.4. The van der Waals surface area contributed by atoms with Crippen molar-refractivity contribution in [2.24, 2.45) is 0 Å². The van der Waals surface area contributed by atoms with Crippen LogP contribution in [0.2, 0.25) is 5.02 Å². The molecular weight excluding hydrogens is 560 g/mol. The molecule has 0 bridgehead atoms. The molecule has 2 fully saturated rings. The van der Waals surface area contributed by atoms with Crippen molar-refractivity contribution >= 4 is 52.4 Å². The molecule has 0 spiro atoms. The Morgan fingerprint density at radius 1 is 1.07 bits per heavy atom. The van der Waals surface area contributed by atoms with Crippen LogP contribution >= 0.6 is 11.6 Å². The van der Waals surface area contributed by atoms with Crippen molar-refractivity contribution in [1.82, 2.24) is 20.1 Å². The van der Waals surface area contributed by atoms with E-state index in [2.05, 4.69) is 10.3 Å². The minimum absolute atomic E-state index is 0.127. The van der Waals surface area contributed by atoms with Crippen LogP contribution < -0.4 is 10.1 Å². The molecule has 3 N–H and O–H groups in total. The molecule has 1 aliphatic heterocycles. The first-order valence-electron chi connectivity index (χ1n) is 13.3. The number of carboxylic acids is 2. The third kappa shape index (κ3) is 6.79. The molecule has 1 aliphatic carbocycles. The normalized spacial score (nSPS) is 16.8. The van der Waals surface area contributed by atoms with Gasteiger partial charge in [0.25, 0.3) is 5.91 Å². The van der Waals surface area contributed by atoms with Crippen molar-refractivity contribution in [1.29, 1.82) is 0 Å². The zero-order valence-corrected chi connectivity index (χ0v) is 23.2. The summed E-state index contributed by atoms with van der Waals surface area (Å²) in [5.41, 5.74) is -1.30. The number of carbonyl (C=O) groups excluding carboxylic acids is 3. The Balaban J connectivity index is 1.56. The van der Waals surface area contributed by atoms with Crippen LogP contribution in [0.25, 0.3) is 10.9 Å². The summed E-state index contributed by atoms with van der Waals surface area (Å²) in [5.74, 6) is -3.40. The first-order chi connectivity index (χ1) is 19.5. The molecule has 0 radical (unpaired) electrons. The van der Waals surface area contributed by atoms with Crippen LogP contribution in [0.4, 0.5) is 4.79 Å². The number of fused-ring (bicyclic) bond motifs is 1. The second-order valence-corrected chi connectivity index (χ2v) is 10.3. The molecule has 1 saturated carbocycles. The van der Waals surface area contributed by atoms with Crippen LogP contribution in [-0.4, -0.2) is 99.3 Å². The number of hydrogen-bond donors (Lipinski definition) is 3. The van der Waals surface area contributed by atoms with E-state index in [0.717, 1.165) is 0 Å². The summed E-state index contributed by atoms with van der Waals surface area (Å²) < 4.78 is 11.0. The second-order valence-electron chi connectivity index (χ2n) is 9.89. The van der Waals surface area contributed by atoms with Crippen LogP contribution in [0.3, 0.4) is 0 Å². The molecule has 14 heteroatoms. The molecule has 4 rings (SSSR count). The van der Waals surface area contributed by atoms with Gasteiger partial charge in [-0.3, -0.25) is 14.4 Å². The largest absolute Gasteiger partial charge is 0.481 e. The Morgan fingerprint density at radius 2 is 1.76 bits per heavy atom. The van der Waals surface area contributed by atoms with Crippen molar-refractivity contribution in [3.63, 3.8) is 0 Å². The lowest BCUT2D eigenvalue weighted by atomic mass is 9.80. The number of rotatable bonds is 10. The topological polar surface area (TPSA) is 176 Å². The Kier molecular flexibility index (Phi) is 9.16. The smallest absolute Gasteiger partial charge is 0.409 e. The molecule has 2 aromatic rings. The number of amides is 3. The fourth-order valence-corrected chi connectivity index (χ4v) is 4.91. The summed E-state index contributed by atoms with van der Waals surface area (Å²) >= 11 is 6.14. The summed E-state index contributed by atoms with van der Waals surface area (Å²) in [5, 5.41) is 22.4. The number of nitrogens with zero attached hydrogens (tertiary/aromatic N) is 3. The van der Waals surface area contributed by atoms with Crippen LogP contribution in [0.5, 0.6) is 5.75 Å². The first kappa shape index (κ1) is 29.8. The van der Waals surface area contributed by atoms with E-state index in [1.165, 1.54) is 21.9 Å². The molecule has 1 aromatic heterocycles. The first-order valence-corrected chi connectivity index (χ1v) is 13.7. The van der Waals surface area contributed by atoms with Gasteiger partial charge in [-0.05, 0) is 50.8 Å². The molecule has 1 unspecified atom stereocenters. The maximum Gasteiger partial charge on any atom is 0.409 e. The molecule has 3 amide bonds. The Morgan fingerprint density at radius 3 is 2.34 bits per heavy atom. The predicted molar refractivity (Wildman–Crippen MR) is 145 cm³/mol. The lowest BCUT2D eigenvalue weighted by Crippen LogP contribution is -2.56. The third-order valence-electron chi connectivity index (χ3n) is 7.19. The van der Waals surface area contributed by atoms with Gasteiger partial charge in [-0.15, -0.1) is 0 Å². The SMILES string of the molecule is CCOC(=O)N1CCN(C(=O)C(CCC(=O)O)NC(=O)c2cc(OC3(C(=O)O)CCC3)c3ccc(Cl)cc3n2)CC1. The number of ether oxygens (including phenoxy) is 2. The minimum Gasteiger partial charge on any atom is -0.481 e. The maximum absolute atomic E-state index is 13.4. The fraction of sp³-hybridized carbons (Fsp3) is 0.481. The molecule has 1 atom stereocenters. The molecule has 1 saturated heterocycles. The van der Waals surface area contributed by atoms with Crippen molar-refractivity contribution < 1.29 is 43.7 Å². The highest BCUT2D eigenvalue weighted by molar-refractivity contribution is 6.31. The average Bonchev–Trinajstić information content (AvgIpc) is 2.91. The number of pyridine rings is 1. The van der Waals surface area contributed by atoms with Gasteiger partial charge in [0.1, 0.15) is 17.5 Å². The van der Waals surface area contributed by atoms with Crippen molar-refractivity contribution in [3.8, 4) is 5.75 Å². The van der Waals surface area contributed by atoms with Gasteiger partial charge in [-0.1, -0.05) is 11.6 Å². The third-order valence-corrected chi connectivity index (χ3v) is 7.43. The minimum atomic E-state index is -1.42. The summed E-state index contributed by atoms with van der Waals surface area (Å²) in [6, 6.07) is 4.83. The standard InChI is InChI=1S/C27H31ClN4O9/c1-2-40-26(39)32-12-10-31(11-13-32)24(36)18(6-7-22(33)34)30-23(35)20-15-21(41-27(25(37)38)8-3-9-27)17-5-4-16(28)14-19(17)29-20/h4-5,14-15,18H,2-3,6-13H2,1H3,(H,30,35)(H,33,34)(H,37,38). The number of halogens is 1. The molecule has 13 nitrogen and oxygen atoms in total. The van der Waals surface area contributed by atoms with Crippen molar-refractivity contribution in [2.75, 3.05) is 32.8 Å². The van der Waals surface area contributed by atoms with Gasteiger partial charge in [-0.25, -0.2) is 14.6 Å². The van der Waals surface area contributed by atoms with Crippen LogP contribution in [0.1, 0.15) is 49.5 Å². The van der Waals surface area contributed by atoms with Gasteiger partial charge >= 0.3 is 18.0 Å². The van der Waals surface area contributed by atoms with Gasteiger partial charge in [0.05, 0.1) is 12.1 Å². The Labute approximate surface area is 240 Å². The zero-order chi connectivity index (χ0) is 29.7. The lowest BCUT2D eigenvalue weighted by Gasteiger charge is -2.38. The number of aromatic nitrogens is 1. The molecule has 2 aliphatic rings. The van der Waals surface area contributed by atoms with E-state index in [9.17, 15) is 34.2 Å². The van der Waals surface area contributed by atoms with E-state index in [1.807, 2.05) is 0 Å². The second kappa shape index (κ2) is 12.6. The van der Waals surface area contributed by atoms with E-state index in [4.69, 9.17) is 21.1 Å². The van der Waals surface area contributed by atoms with Gasteiger partial charge in [-0.2, -0.15) is 0 Å². The number of benzene rings is 1. The Bertz CT molecular complexity index is 1360. The summed E-state index contributed by atoms with van der Waals surface area (Å²) in [6.45, 7) is 2.73. The molecular formula is C27H31ClN4O9. The van der Waals surface area contributed by atoms with Gasteiger partial charge < -0.3 is 34.8 Å². The summed E-state index contributed by atoms with van der Waals surface area (Å²) in [7, 11) is 0. The monoisotopic (exact) mass is 590 g/mol.